The first-order chi connectivity index (χ1) is 5.33. The minimum absolute atomic E-state index is 0.223. The summed E-state index contributed by atoms with van der Waals surface area (Å²) in [5, 5.41) is 0. The second kappa shape index (κ2) is 4.56. The zero-order valence-corrected chi connectivity index (χ0v) is 8.96. The average molecular weight is 222 g/mol. The lowest BCUT2D eigenvalue weighted by Gasteiger charge is -2.18. The van der Waals surface area contributed by atoms with Crippen LogP contribution < -0.4 is 0 Å². The number of hydrogen-bond acceptors (Lipinski definition) is 3. The van der Waals surface area contributed by atoms with Crippen molar-refractivity contribution in [2.75, 3.05) is 32.4 Å². The molecule has 0 spiro atoms. The van der Waals surface area contributed by atoms with Gasteiger partial charge in [-0.2, -0.15) is 7.77 Å². The van der Waals surface area contributed by atoms with E-state index in [0.717, 1.165) is 6.26 Å². The van der Waals surface area contributed by atoms with E-state index < -0.39 is 24.1 Å². The molecule has 0 bridgehead atoms. The first-order valence-electron chi connectivity index (χ1n) is 3.19. The Labute approximate surface area is 72.9 Å². The Hall–Kier alpha value is 0.360. The van der Waals surface area contributed by atoms with Crippen LogP contribution in [0.2, 0.25) is 0 Å². The molecule has 0 aliphatic heterocycles. The molecule has 0 rings (SSSR count). The van der Waals surface area contributed by atoms with E-state index in [4.69, 9.17) is 0 Å². The summed E-state index contributed by atoms with van der Waals surface area (Å²) in [4.78, 5) is 0. The predicted octanol–water partition coefficient (Wildman–Crippen LogP) is 2.68. The molecular weight excluding hydrogens is 209 g/mol. The summed E-state index contributed by atoms with van der Waals surface area (Å²) < 4.78 is 45.0. The second-order valence-electron chi connectivity index (χ2n) is 2.28. The maximum Gasteiger partial charge on any atom is 0.331 e. The molecule has 0 heterocycles. The third kappa shape index (κ3) is 5.09. The van der Waals surface area contributed by atoms with Gasteiger partial charge < -0.3 is 9.05 Å². The van der Waals surface area contributed by atoms with Gasteiger partial charge in [-0.15, -0.1) is 0 Å². The molecule has 0 unspecified atom stereocenters. The molecule has 3 nitrogen and oxygen atoms in total. The molecule has 76 valence electrons. The van der Waals surface area contributed by atoms with Crippen molar-refractivity contribution in [2.24, 2.45) is 0 Å². The highest BCUT2D eigenvalue weighted by molar-refractivity contribution is 8.24. The summed E-state index contributed by atoms with van der Waals surface area (Å²) in [5.74, 6) is -0.411. The van der Waals surface area contributed by atoms with Crippen LogP contribution in [-0.4, -0.2) is 32.4 Å². The Morgan fingerprint density at radius 2 is 1.75 bits per heavy atom. The van der Waals surface area contributed by atoms with E-state index in [1.54, 1.807) is 0 Å². The van der Waals surface area contributed by atoms with Gasteiger partial charge in [0.1, 0.15) is 0 Å². The molecule has 12 heavy (non-hydrogen) atoms. The number of rotatable bonds is 5. The van der Waals surface area contributed by atoms with Crippen LogP contribution in [0.25, 0.3) is 0 Å². The summed E-state index contributed by atoms with van der Waals surface area (Å²) in [7, 11) is -4.47. The zero-order chi connectivity index (χ0) is 9.83. The Morgan fingerprint density at radius 3 is 2.00 bits per heavy atom. The van der Waals surface area contributed by atoms with Crippen molar-refractivity contribution >= 4 is 18.4 Å². The SMILES string of the molecule is COP(=O)(CCS(C)(F)F)OC. The van der Waals surface area contributed by atoms with E-state index in [-0.39, 0.29) is 6.16 Å². The maximum atomic E-state index is 12.4. The molecule has 0 radical (unpaired) electrons. The molecule has 0 aliphatic rings. The zero-order valence-electron chi connectivity index (χ0n) is 7.25. The van der Waals surface area contributed by atoms with Crippen molar-refractivity contribution in [3.05, 3.63) is 0 Å². The first kappa shape index (κ1) is 12.4. The fraction of sp³-hybridized carbons (Fsp3) is 1.00. The largest absolute Gasteiger partial charge is 0.331 e. The van der Waals surface area contributed by atoms with Gasteiger partial charge in [0.05, 0.1) is 17.0 Å². The molecule has 0 amide bonds. The molecule has 0 saturated heterocycles. The molecular formula is C5H13F2O3PS. The normalized spacial score (nSPS) is 14.8. The van der Waals surface area contributed by atoms with Gasteiger partial charge in [-0.25, -0.2) is 0 Å². The van der Waals surface area contributed by atoms with Crippen molar-refractivity contribution in [2.45, 2.75) is 0 Å². The van der Waals surface area contributed by atoms with Gasteiger partial charge in [0, 0.05) is 26.2 Å². The van der Waals surface area contributed by atoms with Gasteiger partial charge in [0.2, 0.25) is 0 Å². The van der Waals surface area contributed by atoms with Crippen molar-refractivity contribution in [3.63, 3.8) is 0 Å². The van der Waals surface area contributed by atoms with Gasteiger partial charge in [0.15, 0.2) is 0 Å². The monoisotopic (exact) mass is 222 g/mol. The molecule has 0 fully saturated rings. The third-order valence-electron chi connectivity index (χ3n) is 1.28. The van der Waals surface area contributed by atoms with Crippen LogP contribution in [0.3, 0.4) is 0 Å². The minimum Gasteiger partial charge on any atom is -0.312 e. The van der Waals surface area contributed by atoms with Gasteiger partial charge in [0.25, 0.3) is 0 Å². The lowest BCUT2D eigenvalue weighted by Crippen LogP contribution is -2.01. The fourth-order valence-electron chi connectivity index (χ4n) is 0.529. The average Bonchev–Trinajstić information content (AvgIpc) is 1.99. The van der Waals surface area contributed by atoms with Crippen LogP contribution in [0.5, 0.6) is 0 Å². The summed E-state index contributed by atoms with van der Waals surface area (Å²) in [5.41, 5.74) is 0. The quantitative estimate of drug-likeness (QED) is 0.671. The minimum atomic E-state index is -3.61. The van der Waals surface area contributed by atoms with E-state index >= 15 is 0 Å². The third-order valence-corrected chi connectivity index (χ3v) is 4.39. The summed E-state index contributed by atoms with van der Waals surface area (Å²) in [6.07, 6.45) is 0.626. The Bertz CT molecular complexity index is 174. The molecule has 0 atom stereocenters. The first-order valence-corrected chi connectivity index (χ1v) is 6.92. The van der Waals surface area contributed by atoms with Crippen LogP contribution in [0.15, 0.2) is 0 Å². The van der Waals surface area contributed by atoms with E-state index in [1.165, 1.54) is 14.2 Å². The van der Waals surface area contributed by atoms with Gasteiger partial charge in [-0.3, -0.25) is 4.57 Å². The van der Waals surface area contributed by atoms with E-state index in [1.807, 2.05) is 0 Å². The number of halogens is 2. The smallest absolute Gasteiger partial charge is 0.312 e. The highest BCUT2D eigenvalue weighted by Gasteiger charge is 2.26. The highest BCUT2D eigenvalue weighted by Crippen LogP contribution is 2.54. The number of hydrogen-bond donors (Lipinski definition) is 0. The summed E-state index contributed by atoms with van der Waals surface area (Å²) in [6.45, 7) is 0. The van der Waals surface area contributed by atoms with E-state index in [0.29, 0.717) is 0 Å². The topological polar surface area (TPSA) is 35.5 Å². The molecule has 0 N–H and O–H groups in total. The van der Waals surface area contributed by atoms with Crippen LogP contribution >= 0.6 is 18.4 Å². The van der Waals surface area contributed by atoms with Crippen molar-refractivity contribution in [1.29, 1.82) is 0 Å². The highest BCUT2D eigenvalue weighted by atomic mass is 32.3. The van der Waals surface area contributed by atoms with Crippen molar-refractivity contribution in [1.82, 2.24) is 0 Å². The van der Waals surface area contributed by atoms with E-state index in [9.17, 15) is 12.3 Å². The Morgan fingerprint density at radius 1 is 1.33 bits per heavy atom. The second-order valence-corrected chi connectivity index (χ2v) is 6.83. The van der Waals surface area contributed by atoms with Crippen molar-refractivity contribution in [3.8, 4) is 0 Å². The lowest BCUT2D eigenvalue weighted by molar-refractivity contribution is 0.277. The molecule has 0 aromatic heterocycles. The van der Waals surface area contributed by atoms with Crippen molar-refractivity contribution < 1.29 is 21.4 Å². The van der Waals surface area contributed by atoms with Gasteiger partial charge in [-0.05, 0) is 0 Å². The van der Waals surface area contributed by atoms with Crippen LogP contribution in [0.4, 0.5) is 7.77 Å². The maximum absolute atomic E-state index is 12.4. The van der Waals surface area contributed by atoms with E-state index in [2.05, 4.69) is 9.05 Å². The molecule has 0 aromatic rings. The molecule has 0 aliphatic carbocycles. The fourth-order valence-corrected chi connectivity index (χ4v) is 3.22. The molecule has 7 heteroatoms. The Kier molecular flexibility index (Phi) is 4.69. The molecule has 0 aromatic carbocycles. The molecule has 0 saturated carbocycles. The van der Waals surface area contributed by atoms with Crippen LogP contribution in [-0.2, 0) is 13.6 Å². The lowest BCUT2D eigenvalue weighted by atomic mass is 11.0. The van der Waals surface area contributed by atoms with Crippen LogP contribution in [0, 0.1) is 0 Å². The summed E-state index contributed by atoms with van der Waals surface area (Å²) in [6, 6.07) is 0. The van der Waals surface area contributed by atoms with Crippen LogP contribution in [0.1, 0.15) is 0 Å². The summed E-state index contributed by atoms with van der Waals surface area (Å²) >= 11 is 0. The van der Waals surface area contributed by atoms with Gasteiger partial charge >= 0.3 is 7.60 Å². The van der Waals surface area contributed by atoms with Gasteiger partial charge in [-0.1, -0.05) is 0 Å². The predicted molar refractivity (Wildman–Crippen MR) is 47.1 cm³/mol. The standard InChI is InChI=1S/C5H13F2O3PS/c1-9-11(8,10-2)4-5-12(3,6)7/h4-5H2,1-3H3. The Balaban J connectivity index is 3.99.